The predicted octanol–water partition coefficient (Wildman–Crippen LogP) is 5.64. The summed E-state index contributed by atoms with van der Waals surface area (Å²) in [6, 6.07) is 7.97. The molecule has 1 fully saturated rings. The number of hydrogen-bond acceptors (Lipinski definition) is 3. The highest BCUT2D eigenvalue weighted by atomic mass is 16.5. The smallest absolute Gasteiger partial charge is 0.220 e. The van der Waals surface area contributed by atoms with Gasteiger partial charge in [0.15, 0.2) is 11.5 Å². The predicted molar refractivity (Wildman–Crippen MR) is 110 cm³/mol. The van der Waals surface area contributed by atoms with Crippen molar-refractivity contribution in [1.29, 1.82) is 0 Å². The zero-order chi connectivity index (χ0) is 19.2. The van der Waals surface area contributed by atoms with E-state index in [0.717, 1.165) is 30.8 Å². The Labute approximate surface area is 165 Å². The highest BCUT2D eigenvalue weighted by Gasteiger charge is 2.13. The van der Waals surface area contributed by atoms with Crippen LogP contribution in [-0.4, -0.2) is 25.7 Å². The molecule has 4 nitrogen and oxygen atoms in total. The molecule has 0 spiro atoms. The number of ether oxygens (including phenoxy) is 2. The van der Waals surface area contributed by atoms with E-state index in [-0.39, 0.29) is 5.91 Å². The van der Waals surface area contributed by atoms with Crippen LogP contribution in [0, 0.1) is 0 Å². The summed E-state index contributed by atoms with van der Waals surface area (Å²) in [5.74, 6) is 1.63. The Balaban J connectivity index is 1.66. The van der Waals surface area contributed by atoms with Gasteiger partial charge in [0.2, 0.25) is 5.91 Å². The maximum absolute atomic E-state index is 12.3. The summed E-state index contributed by atoms with van der Waals surface area (Å²) in [4.78, 5) is 12.3. The van der Waals surface area contributed by atoms with Gasteiger partial charge in [-0.25, -0.2) is 0 Å². The maximum Gasteiger partial charge on any atom is 0.220 e. The molecule has 0 unspecified atom stereocenters. The molecule has 0 heterocycles. The van der Waals surface area contributed by atoms with E-state index >= 15 is 0 Å². The van der Waals surface area contributed by atoms with E-state index in [4.69, 9.17) is 9.47 Å². The molecule has 1 aromatic carbocycles. The summed E-state index contributed by atoms with van der Waals surface area (Å²) in [5, 5.41) is 3.27. The molecule has 1 aliphatic carbocycles. The van der Waals surface area contributed by atoms with Gasteiger partial charge in [-0.1, -0.05) is 69.9 Å². The Kier molecular flexibility index (Phi) is 10.8. The Morgan fingerprint density at radius 3 is 2.07 bits per heavy atom. The van der Waals surface area contributed by atoms with Crippen LogP contribution >= 0.6 is 0 Å². The normalized spacial score (nSPS) is 17.4. The molecule has 0 saturated heterocycles. The molecule has 0 aliphatic heterocycles. The number of hydrogen-bond donors (Lipinski definition) is 1. The molecule has 1 aliphatic rings. The third-order valence-corrected chi connectivity index (χ3v) is 5.35. The average Bonchev–Trinajstić information content (AvgIpc) is 2.67. The van der Waals surface area contributed by atoms with Crippen LogP contribution in [0.4, 0.5) is 0 Å². The first kappa shape index (κ1) is 21.6. The second-order valence-corrected chi connectivity index (χ2v) is 7.63. The second-order valence-electron chi connectivity index (χ2n) is 7.63. The van der Waals surface area contributed by atoms with Crippen LogP contribution in [0.2, 0.25) is 0 Å². The van der Waals surface area contributed by atoms with Crippen molar-refractivity contribution < 1.29 is 14.3 Å². The van der Waals surface area contributed by atoms with Gasteiger partial charge in [-0.2, -0.15) is 0 Å². The summed E-state index contributed by atoms with van der Waals surface area (Å²) >= 11 is 0. The molecule has 1 N–H and O–H groups in total. The van der Waals surface area contributed by atoms with E-state index in [2.05, 4.69) is 5.32 Å². The SMILES string of the molecule is COc1ccccc1OCCCC(=O)NC1CCCCCCCCCCC1. The minimum absolute atomic E-state index is 0.163. The lowest BCUT2D eigenvalue weighted by atomic mass is 9.98. The van der Waals surface area contributed by atoms with Gasteiger partial charge in [0.25, 0.3) is 0 Å². The zero-order valence-corrected chi connectivity index (χ0v) is 17.0. The third-order valence-electron chi connectivity index (χ3n) is 5.35. The molecular weight excluding hydrogens is 338 g/mol. The first-order chi connectivity index (χ1) is 13.3. The number of carbonyl (C=O) groups is 1. The minimum atomic E-state index is 0.163. The standard InChI is InChI=1S/C23H37NO3/c1-26-21-16-11-12-17-22(21)27-19-13-18-23(25)24-20-14-9-7-5-3-2-4-6-8-10-15-20/h11-12,16-17,20H,2-10,13-15,18-19H2,1H3,(H,24,25). The number of amides is 1. The highest BCUT2D eigenvalue weighted by molar-refractivity contribution is 5.76. The zero-order valence-electron chi connectivity index (χ0n) is 17.0. The van der Waals surface area contributed by atoms with Gasteiger partial charge in [-0.15, -0.1) is 0 Å². The largest absolute Gasteiger partial charge is 0.493 e. The van der Waals surface area contributed by atoms with Crippen molar-refractivity contribution in [2.75, 3.05) is 13.7 Å². The molecule has 152 valence electrons. The number of nitrogens with one attached hydrogen (secondary N) is 1. The lowest BCUT2D eigenvalue weighted by Crippen LogP contribution is -2.35. The average molecular weight is 376 g/mol. The second kappa shape index (κ2) is 13.5. The number of carbonyl (C=O) groups excluding carboxylic acids is 1. The Bertz CT molecular complexity index is 520. The summed E-state index contributed by atoms with van der Waals surface area (Å²) < 4.78 is 11.0. The fourth-order valence-corrected chi connectivity index (χ4v) is 3.76. The summed E-state index contributed by atoms with van der Waals surface area (Å²) in [7, 11) is 1.64. The van der Waals surface area contributed by atoms with Gasteiger partial charge in [0.1, 0.15) is 0 Å². The quantitative estimate of drug-likeness (QED) is 0.627. The van der Waals surface area contributed by atoms with Crippen LogP contribution in [0.3, 0.4) is 0 Å². The highest BCUT2D eigenvalue weighted by Crippen LogP contribution is 2.25. The van der Waals surface area contributed by atoms with Crippen molar-refractivity contribution in [3.05, 3.63) is 24.3 Å². The van der Waals surface area contributed by atoms with Crippen LogP contribution < -0.4 is 14.8 Å². The van der Waals surface area contributed by atoms with Crippen LogP contribution in [0.25, 0.3) is 0 Å². The van der Waals surface area contributed by atoms with Gasteiger partial charge in [-0.3, -0.25) is 4.79 Å². The van der Waals surface area contributed by atoms with Crippen LogP contribution in [0.15, 0.2) is 24.3 Å². The van der Waals surface area contributed by atoms with Crippen LogP contribution in [0.1, 0.15) is 83.5 Å². The first-order valence-electron chi connectivity index (χ1n) is 10.8. The van der Waals surface area contributed by atoms with E-state index < -0.39 is 0 Å². The Morgan fingerprint density at radius 2 is 1.48 bits per heavy atom. The summed E-state index contributed by atoms with van der Waals surface area (Å²) in [6.45, 7) is 0.526. The fraction of sp³-hybridized carbons (Fsp3) is 0.696. The molecule has 0 aromatic heterocycles. The lowest BCUT2D eigenvalue weighted by Gasteiger charge is -2.19. The molecular formula is C23H37NO3. The van der Waals surface area contributed by atoms with Crippen molar-refractivity contribution in [1.82, 2.24) is 5.32 Å². The van der Waals surface area contributed by atoms with Gasteiger partial charge in [0.05, 0.1) is 13.7 Å². The van der Waals surface area contributed by atoms with Crippen molar-refractivity contribution in [3.63, 3.8) is 0 Å². The Morgan fingerprint density at radius 1 is 0.926 bits per heavy atom. The monoisotopic (exact) mass is 375 g/mol. The number of methoxy groups -OCH3 is 1. The number of para-hydroxylation sites is 2. The molecule has 1 amide bonds. The van der Waals surface area contributed by atoms with Gasteiger partial charge >= 0.3 is 0 Å². The molecule has 27 heavy (non-hydrogen) atoms. The first-order valence-corrected chi connectivity index (χ1v) is 10.8. The number of rotatable bonds is 7. The van der Waals surface area contributed by atoms with Crippen LogP contribution in [0.5, 0.6) is 11.5 Å². The topological polar surface area (TPSA) is 47.6 Å². The molecule has 0 radical (unpaired) electrons. The van der Waals surface area contributed by atoms with E-state index in [1.807, 2.05) is 24.3 Å². The van der Waals surface area contributed by atoms with Crippen molar-refractivity contribution >= 4 is 5.91 Å². The van der Waals surface area contributed by atoms with Crippen molar-refractivity contribution in [3.8, 4) is 11.5 Å². The molecule has 0 bridgehead atoms. The minimum Gasteiger partial charge on any atom is -0.493 e. The number of benzene rings is 1. The van der Waals surface area contributed by atoms with Gasteiger partial charge < -0.3 is 14.8 Å². The summed E-state index contributed by atoms with van der Waals surface area (Å²) in [6.07, 6.45) is 15.4. The maximum atomic E-state index is 12.3. The van der Waals surface area contributed by atoms with E-state index in [1.165, 1.54) is 57.8 Å². The third kappa shape index (κ3) is 9.16. The molecule has 2 rings (SSSR count). The van der Waals surface area contributed by atoms with Gasteiger partial charge in [0, 0.05) is 12.5 Å². The van der Waals surface area contributed by atoms with Gasteiger partial charge in [-0.05, 0) is 31.4 Å². The van der Waals surface area contributed by atoms with Crippen molar-refractivity contribution in [2.24, 2.45) is 0 Å². The van der Waals surface area contributed by atoms with E-state index in [9.17, 15) is 4.79 Å². The molecule has 0 atom stereocenters. The van der Waals surface area contributed by atoms with Crippen molar-refractivity contribution in [2.45, 2.75) is 89.5 Å². The molecule has 4 heteroatoms. The Hall–Kier alpha value is -1.71. The molecule has 1 aromatic rings. The lowest BCUT2D eigenvalue weighted by molar-refractivity contribution is -0.122. The van der Waals surface area contributed by atoms with E-state index in [0.29, 0.717) is 19.1 Å². The van der Waals surface area contributed by atoms with Crippen LogP contribution in [-0.2, 0) is 4.79 Å². The fourth-order valence-electron chi connectivity index (χ4n) is 3.76. The molecule has 1 saturated carbocycles. The van der Waals surface area contributed by atoms with E-state index in [1.54, 1.807) is 7.11 Å². The summed E-state index contributed by atoms with van der Waals surface area (Å²) in [5.41, 5.74) is 0.